The number of benzene rings is 2. The third kappa shape index (κ3) is 5.44. The number of carbonyl (C=O) groups is 1. The zero-order chi connectivity index (χ0) is 30.2. The predicted octanol–water partition coefficient (Wildman–Crippen LogP) is 6.67. The van der Waals surface area contributed by atoms with Gasteiger partial charge in [-0.3, -0.25) is 9.78 Å². The van der Waals surface area contributed by atoms with E-state index in [0.717, 1.165) is 39.8 Å². The summed E-state index contributed by atoms with van der Waals surface area (Å²) in [5.74, 6) is 1.25. The number of nitrogens with one attached hydrogen (secondary N) is 2. The number of hydrogen-bond donors (Lipinski definition) is 2. The molecule has 1 aliphatic heterocycles. The molecule has 4 aromatic rings. The highest BCUT2D eigenvalue weighted by Gasteiger charge is 2.42. The molecule has 1 aliphatic rings. The van der Waals surface area contributed by atoms with E-state index in [-0.39, 0.29) is 18.0 Å². The first-order valence-corrected chi connectivity index (χ1v) is 14.3. The number of pyridine rings is 1. The second-order valence-electron chi connectivity index (χ2n) is 11.4. The van der Waals surface area contributed by atoms with Crippen LogP contribution in [0.15, 0.2) is 72.9 Å². The second kappa shape index (κ2) is 11.5. The van der Waals surface area contributed by atoms with Gasteiger partial charge in [0.05, 0.1) is 37.7 Å². The van der Waals surface area contributed by atoms with Crippen LogP contribution in [0.25, 0.3) is 5.69 Å². The Kier molecular flexibility index (Phi) is 7.97. The lowest BCUT2D eigenvalue weighted by atomic mass is 9.95. The van der Waals surface area contributed by atoms with Crippen LogP contribution in [0.2, 0.25) is 0 Å². The summed E-state index contributed by atoms with van der Waals surface area (Å²) in [6.45, 7) is 9.86. The van der Waals surface area contributed by atoms with Crippen LogP contribution >= 0.6 is 12.2 Å². The van der Waals surface area contributed by atoms with Crippen LogP contribution < -0.4 is 25.0 Å². The Bertz CT molecular complexity index is 1630. The number of ether oxygens (including phenoxy) is 2. The molecule has 1 saturated heterocycles. The molecule has 0 bridgehead atoms. The monoisotopic (exact) mass is 583 g/mol. The van der Waals surface area contributed by atoms with E-state index in [1.54, 1.807) is 20.4 Å². The molecule has 2 aromatic carbocycles. The van der Waals surface area contributed by atoms with E-state index in [0.29, 0.717) is 16.5 Å². The molecule has 2 atom stereocenters. The SMILES string of the molecule is COc1cccc(-n2c(C)cc([C@@H]3[C@H](c4ccccn4)NC(=S)N3c3ccc(NC(=O)C(C)(C)C)c(OC)c3)c2C)c1. The van der Waals surface area contributed by atoms with Crippen molar-refractivity contribution in [2.24, 2.45) is 5.41 Å². The van der Waals surface area contributed by atoms with Crippen molar-refractivity contribution in [2.75, 3.05) is 24.4 Å². The molecule has 3 heterocycles. The first-order valence-electron chi connectivity index (χ1n) is 13.9. The van der Waals surface area contributed by atoms with Crippen LogP contribution in [0.4, 0.5) is 11.4 Å². The summed E-state index contributed by atoms with van der Waals surface area (Å²) in [5, 5.41) is 7.12. The average molecular weight is 584 g/mol. The molecule has 0 radical (unpaired) electrons. The Morgan fingerprint density at radius 1 is 0.976 bits per heavy atom. The van der Waals surface area contributed by atoms with E-state index in [1.807, 2.05) is 75.4 Å². The maximum absolute atomic E-state index is 12.7. The Morgan fingerprint density at radius 3 is 2.43 bits per heavy atom. The van der Waals surface area contributed by atoms with E-state index in [1.165, 1.54) is 0 Å². The molecule has 2 aromatic heterocycles. The topological polar surface area (TPSA) is 80.7 Å². The van der Waals surface area contributed by atoms with Gasteiger partial charge in [-0.05, 0) is 74.1 Å². The van der Waals surface area contributed by atoms with Gasteiger partial charge in [0.15, 0.2) is 5.11 Å². The molecule has 8 nitrogen and oxygen atoms in total. The van der Waals surface area contributed by atoms with Crippen LogP contribution in [0.3, 0.4) is 0 Å². The molecule has 0 spiro atoms. The standard InChI is InChI=1S/C33H37N5O3S/c1-20-17-25(21(2)37(20)22-11-10-12-24(18-22)40-6)30-29(27-13-8-9-16-34-27)36-32(42)38(30)23-14-15-26(28(19-23)41-7)35-31(39)33(3,4)5/h8-19,29-30H,1-7H3,(H,35,39)(H,36,42)/t29-,30+/m0/s1. The fourth-order valence-corrected chi connectivity index (χ4v) is 5.77. The molecule has 0 saturated carbocycles. The van der Waals surface area contributed by atoms with Crippen molar-refractivity contribution < 1.29 is 14.3 Å². The quantitative estimate of drug-likeness (QED) is 0.235. The normalized spacial score (nSPS) is 16.7. The summed E-state index contributed by atoms with van der Waals surface area (Å²) in [5.41, 5.74) is 6.10. The Morgan fingerprint density at radius 2 is 1.76 bits per heavy atom. The summed E-state index contributed by atoms with van der Waals surface area (Å²) in [6, 6.07) is 21.5. The minimum absolute atomic E-state index is 0.0926. The van der Waals surface area contributed by atoms with E-state index >= 15 is 0 Å². The second-order valence-corrected chi connectivity index (χ2v) is 11.8. The number of rotatable bonds is 7. The van der Waals surface area contributed by atoms with Gasteiger partial charge < -0.3 is 29.6 Å². The molecular formula is C33H37N5O3S. The molecule has 0 unspecified atom stereocenters. The molecular weight excluding hydrogens is 546 g/mol. The van der Waals surface area contributed by atoms with Crippen molar-refractivity contribution >= 4 is 34.6 Å². The average Bonchev–Trinajstić information content (AvgIpc) is 3.47. The number of methoxy groups -OCH3 is 2. The van der Waals surface area contributed by atoms with Gasteiger partial charge in [0, 0.05) is 46.5 Å². The fraction of sp³-hybridized carbons (Fsp3) is 0.303. The van der Waals surface area contributed by atoms with Crippen molar-refractivity contribution in [2.45, 2.75) is 46.7 Å². The minimum Gasteiger partial charge on any atom is -0.497 e. The predicted molar refractivity (Wildman–Crippen MR) is 171 cm³/mol. The third-order valence-corrected chi connectivity index (χ3v) is 7.91. The smallest absolute Gasteiger partial charge is 0.229 e. The van der Waals surface area contributed by atoms with E-state index in [2.05, 4.69) is 46.1 Å². The first kappa shape index (κ1) is 29.1. The number of amides is 1. The number of aryl methyl sites for hydroxylation is 1. The van der Waals surface area contributed by atoms with Gasteiger partial charge in [-0.2, -0.15) is 0 Å². The lowest BCUT2D eigenvalue weighted by Crippen LogP contribution is -2.30. The Hall–Kier alpha value is -4.37. The zero-order valence-corrected chi connectivity index (χ0v) is 25.9. The van der Waals surface area contributed by atoms with Gasteiger partial charge in [0.2, 0.25) is 5.91 Å². The summed E-state index contributed by atoms with van der Waals surface area (Å²) < 4.78 is 13.5. The van der Waals surface area contributed by atoms with Crippen molar-refractivity contribution in [3.63, 3.8) is 0 Å². The summed E-state index contributed by atoms with van der Waals surface area (Å²) >= 11 is 5.97. The number of anilines is 2. The molecule has 218 valence electrons. The number of nitrogens with zero attached hydrogens (tertiary/aromatic N) is 3. The van der Waals surface area contributed by atoms with Crippen molar-refractivity contribution in [3.8, 4) is 17.2 Å². The highest BCUT2D eigenvalue weighted by molar-refractivity contribution is 7.80. The first-order chi connectivity index (χ1) is 20.0. The van der Waals surface area contributed by atoms with Crippen molar-refractivity contribution in [1.29, 1.82) is 0 Å². The van der Waals surface area contributed by atoms with Gasteiger partial charge in [0.25, 0.3) is 0 Å². The lowest BCUT2D eigenvalue weighted by molar-refractivity contribution is -0.123. The minimum atomic E-state index is -0.545. The number of hydrogen-bond acceptors (Lipinski definition) is 5. The van der Waals surface area contributed by atoms with Gasteiger partial charge in [-0.1, -0.05) is 32.9 Å². The molecule has 1 fully saturated rings. The van der Waals surface area contributed by atoms with Crippen LogP contribution in [0, 0.1) is 19.3 Å². The molecule has 1 amide bonds. The molecule has 42 heavy (non-hydrogen) atoms. The fourth-order valence-electron chi connectivity index (χ4n) is 5.43. The van der Waals surface area contributed by atoms with Crippen LogP contribution in [-0.4, -0.2) is 34.8 Å². The highest BCUT2D eigenvalue weighted by atomic mass is 32.1. The summed E-state index contributed by atoms with van der Waals surface area (Å²) in [4.78, 5) is 19.5. The molecule has 5 rings (SSSR count). The van der Waals surface area contributed by atoms with Crippen LogP contribution in [-0.2, 0) is 4.79 Å². The van der Waals surface area contributed by atoms with Crippen LogP contribution in [0.5, 0.6) is 11.5 Å². The highest BCUT2D eigenvalue weighted by Crippen LogP contribution is 2.45. The van der Waals surface area contributed by atoms with E-state index in [9.17, 15) is 4.79 Å². The van der Waals surface area contributed by atoms with Gasteiger partial charge in [-0.25, -0.2) is 0 Å². The van der Waals surface area contributed by atoms with Gasteiger partial charge >= 0.3 is 0 Å². The maximum atomic E-state index is 12.7. The van der Waals surface area contributed by atoms with Crippen molar-refractivity contribution in [3.05, 3.63) is 95.6 Å². The Labute approximate surface area is 252 Å². The largest absolute Gasteiger partial charge is 0.497 e. The van der Waals surface area contributed by atoms with E-state index < -0.39 is 5.41 Å². The number of aromatic nitrogens is 2. The third-order valence-electron chi connectivity index (χ3n) is 7.59. The molecule has 2 N–H and O–H groups in total. The summed E-state index contributed by atoms with van der Waals surface area (Å²) in [6.07, 6.45) is 1.80. The number of thiocarbonyl (C=S) groups is 1. The lowest BCUT2D eigenvalue weighted by Gasteiger charge is -2.29. The summed E-state index contributed by atoms with van der Waals surface area (Å²) in [7, 11) is 3.27. The zero-order valence-electron chi connectivity index (χ0n) is 25.1. The van der Waals surface area contributed by atoms with E-state index in [4.69, 9.17) is 26.7 Å². The van der Waals surface area contributed by atoms with Gasteiger partial charge in [0.1, 0.15) is 11.5 Å². The molecule has 9 heteroatoms. The Balaban J connectivity index is 1.63. The number of carbonyl (C=O) groups excluding carboxylic acids is 1. The maximum Gasteiger partial charge on any atom is 0.229 e. The van der Waals surface area contributed by atoms with Gasteiger partial charge in [-0.15, -0.1) is 0 Å². The van der Waals surface area contributed by atoms with Crippen LogP contribution in [0.1, 0.15) is 55.5 Å². The van der Waals surface area contributed by atoms with Crippen molar-refractivity contribution in [1.82, 2.24) is 14.9 Å². The molecule has 0 aliphatic carbocycles.